The van der Waals surface area contributed by atoms with Crippen LogP contribution in [0.3, 0.4) is 0 Å². The molecule has 92 valence electrons. The number of nitrogen functional groups attached to an aromatic ring is 1. The van der Waals surface area contributed by atoms with Gasteiger partial charge in [0.25, 0.3) is 0 Å². The minimum atomic E-state index is -0.509. The Kier molecular flexibility index (Phi) is 3.58. The molecule has 0 atom stereocenters. The zero-order valence-electron chi connectivity index (χ0n) is 9.36. The normalized spacial score (nSPS) is 10.3. The molecule has 0 saturated carbocycles. The van der Waals surface area contributed by atoms with E-state index >= 15 is 0 Å². The Hall–Kier alpha value is -1.94. The molecule has 0 radical (unpaired) electrons. The average Bonchev–Trinajstić information content (AvgIpc) is 2.34. The third-order valence-corrected chi connectivity index (χ3v) is 2.86. The van der Waals surface area contributed by atoms with Crippen molar-refractivity contribution in [1.29, 1.82) is 0 Å². The molecule has 2 rings (SSSR count). The molecule has 0 unspecified atom stereocenters. The number of pyridine rings is 1. The molecule has 0 fully saturated rings. The molecule has 0 saturated heterocycles. The van der Waals surface area contributed by atoms with Crippen molar-refractivity contribution in [3.8, 4) is 0 Å². The van der Waals surface area contributed by atoms with Crippen LogP contribution in [-0.4, -0.2) is 10.8 Å². The molecule has 2 N–H and O–H groups in total. The third-order valence-electron chi connectivity index (χ3n) is 2.50. The highest BCUT2D eigenvalue weighted by Crippen LogP contribution is 2.21. The second kappa shape index (κ2) is 5.14. The quantitative estimate of drug-likeness (QED) is 0.868. The Labute approximate surface area is 108 Å². The molecule has 0 aliphatic heterocycles. The Balaban J connectivity index is 2.30. The van der Waals surface area contributed by atoms with Crippen molar-refractivity contribution in [2.24, 2.45) is 0 Å². The number of carbonyl (C=O) groups is 1. The van der Waals surface area contributed by atoms with Crippen LogP contribution in [0.5, 0.6) is 0 Å². The number of aromatic nitrogens is 1. The topological polar surface area (TPSA) is 56.0 Å². The molecule has 0 spiro atoms. The monoisotopic (exact) mass is 264 g/mol. The summed E-state index contributed by atoms with van der Waals surface area (Å²) < 4.78 is 13.5. The van der Waals surface area contributed by atoms with Crippen molar-refractivity contribution in [3.05, 3.63) is 58.6 Å². The lowest BCUT2D eigenvalue weighted by atomic mass is 10.1. The molecule has 1 aromatic heterocycles. The zero-order chi connectivity index (χ0) is 13.1. The van der Waals surface area contributed by atoms with Gasteiger partial charge in [0.15, 0.2) is 5.78 Å². The lowest BCUT2D eigenvalue weighted by Crippen LogP contribution is -2.10. The van der Waals surface area contributed by atoms with E-state index in [1.807, 2.05) is 0 Å². The predicted molar refractivity (Wildman–Crippen MR) is 68.1 cm³/mol. The molecular formula is C13H10ClFN2O. The molecule has 0 amide bonds. The lowest BCUT2D eigenvalue weighted by molar-refractivity contribution is 0.0988. The van der Waals surface area contributed by atoms with Gasteiger partial charge in [-0.1, -0.05) is 17.7 Å². The highest BCUT2D eigenvalue weighted by Gasteiger charge is 2.16. The first-order valence-electron chi connectivity index (χ1n) is 5.26. The maximum absolute atomic E-state index is 13.5. The first kappa shape index (κ1) is 12.5. The molecule has 1 heterocycles. The minimum absolute atomic E-state index is 0.136. The molecular weight excluding hydrogens is 255 g/mol. The smallest absolute Gasteiger partial charge is 0.187 e. The number of anilines is 1. The molecule has 5 heteroatoms. The van der Waals surface area contributed by atoms with Crippen LogP contribution in [0.1, 0.15) is 16.1 Å². The van der Waals surface area contributed by atoms with Crippen LogP contribution in [0.2, 0.25) is 5.02 Å². The van der Waals surface area contributed by atoms with Crippen LogP contribution in [0.4, 0.5) is 10.1 Å². The van der Waals surface area contributed by atoms with Gasteiger partial charge in [-0.15, -0.1) is 0 Å². The zero-order valence-corrected chi connectivity index (χ0v) is 10.1. The highest BCUT2D eigenvalue weighted by molar-refractivity contribution is 6.31. The van der Waals surface area contributed by atoms with E-state index in [0.29, 0.717) is 0 Å². The number of halogens is 2. The van der Waals surface area contributed by atoms with E-state index in [4.69, 9.17) is 17.3 Å². The van der Waals surface area contributed by atoms with E-state index in [9.17, 15) is 9.18 Å². The highest BCUT2D eigenvalue weighted by atomic mass is 35.5. The lowest BCUT2D eigenvalue weighted by Gasteiger charge is -2.06. The fourth-order valence-electron chi connectivity index (χ4n) is 1.60. The summed E-state index contributed by atoms with van der Waals surface area (Å²) in [6.45, 7) is 0. The summed E-state index contributed by atoms with van der Waals surface area (Å²) in [4.78, 5) is 15.9. The van der Waals surface area contributed by atoms with Crippen molar-refractivity contribution in [3.63, 3.8) is 0 Å². The maximum Gasteiger partial charge on any atom is 0.187 e. The Morgan fingerprint density at radius 2 is 2.11 bits per heavy atom. The SMILES string of the molecule is Nc1cccnc1C(=O)Cc1c(F)cccc1Cl. The molecule has 18 heavy (non-hydrogen) atoms. The number of hydrogen-bond donors (Lipinski definition) is 1. The van der Waals surface area contributed by atoms with Crippen LogP contribution in [0.25, 0.3) is 0 Å². The Bertz CT molecular complexity index is 581. The van der Waals surface area contributed by atoms with Gasteiger partial charge in [-0.05, 0) is 24.3 Å². The standard InChI is InChI=1S/C13H10ClFN2O/c14-9-3-1-4-10(15)8(9)7-12(18)13-11(16)5-2-6-17-13/h1-6H,7,16H2. The predicted octanol–water partition coefficient (Wildman–Crippen LogP) is 2.88. The number of hydrogen-bond acceptors (Lipinski definition) is 3. The molecule has 3 nitrogen and oxygen atoms in total. The first-order chi connectivity index (χ1) is 8.59. The van der Waals surface area contributed by atoms with Crippen molar-refractivity contribution < 1.29 is 9.18 Å². The number of nitrogens with two attached hydrogens (primary N) is 1. The molecule has 0 bridgehead atoms. The van der Waals surface area contributed by atoms with Gasteiger partial charge in [0.1, 0.15) is 11.5 Å². The van der Waals surface area contributed by atoms with Gasteiger partial charge >= 0.3 is 0 Å². The molecule has 0 aliphatic carbocycles. The van der Waals surface area contributed by atoms with Gasteiger partial charge in [-0.25, -0.2) is 4.39 Å². The minimum Gasteiger partial charge on any atom is -0.397 e. The van der Waals surface area contributed by atoms with Crippen molar-refractivity contribution >= 4 is 23.1 Å². The average molecular weight is 265 g/mol. The second-order valence-corrected chi connectivity index (χ2v) is 4.15. The number of nitrogens with zero attached hydrogens (tertiary/aromatic N) is 1. The van der Waals surface area contributed by atoms with Gasteiger partial charge in [0.2, 0.25) is 0 Å². The summed E-state index contributed by atoms with van der Waals surface area (Å²) in [6.07, 6.45) is 1.30. The van der Waals surface area contributed by atoms with Crippen LogP contribution < -0.4 is 5.73 Å². The fraction of sp³-hybridized carbons (Fsp3) is 0.0769. The van der Waals surface area contributed by atoms with E-state index in [-0.39, 0.29) is 34.2 Å². The second-order valence-electron chi connectivity index (χ2n) is 3.74. The fourth-order valence-corrected chi connectivity index (χ4v) is 1.83. The van der Waals surface area contributed by atoms with E-state index in [1.54, 1.807) is 12.1 Å². The van der Waals surface area contributed by atoms with Gasteiger partial charge in [0.05, 0.1) is 5.69 Å². The third kappa shape index (κ3) is 2.49. The van der Waals surface area contributed by atoms with E-state index in [0.717, 1.165) is 0 Å². The number of Topliss-reactive ketones (excluding diaryl/α,β-unsaturated/α-hetero) is 1. The van der Waals surface area contributed by atoms with Crippen molar-refractivity contribution in [2.45, 2.75) is 6.42 Å². The number of carbonyl (C=O) groups excluding carboxylic acids is 1. The number of ketones is 1. The summed E-state index contributed by atoms with van der Waals surface area (Å²) in [5, 5.41) is 0.220. The molecule has 2 aromatic rings. The van der Waals surface area contributed by atoms with Gasteiger partial charge in [-0.3, -0.25) is 9.78 Å². The number of benzene rings is 1. The van der Waals surface area contributed by atoms with Gasteiger partial charge in [0, 0.05) is 23.2 Å². The van der Waals surface area contributed by atoms with Crippen LogP contribution in [-0.2, 0) is 6.42 Å². The summed E-state index contributed by atoms with van der Waals surface area (Å²) in [5.41, 5.74) is 6.21. The summed E-state index contributed by atoms with van der Waals surface area (Å²) in [6, 6.07) is 7.48. The Morgan fingerprint density at radius 3 is 2.78 bits per heavy atom. The van der Waals surface area contributed by atoms with Crippen LogP contribution in [0.15, 0.2) is 36.5 Å². The van der Waals surface area contributed by atoms with Gasteiger partial charge in [-0.2, -0.15) is 0 Å². The van der Waals surface area contributed by atoms with Crippen LogP contribution >= 0.6 is 11.6 Å². The van der Waals surface area contributed by atoms with Gasteiger partial charge < -0.3 is 5.73 Å². The summed E-state index contributed by atoms with van der Waals surface area (Å²) in [5.74, 6) is -0.870. The Morgan fingerprint density at radius 1 is 1.33 bits per heavy atom. The largest absolute Gasteiger partial charge is 0.397 e. The molecule has 0 aliphatic rings. The van der Waals surface area contributed by atoms with Crippen LogP contribution in [0, 0.1) is 5.82 Å². The van der Waals surface area contributed by atoms with E-state index < -0.39 is 5.82 Å². The van der Waals surface area contributed by atoms with Crippen molar-refractivity contribution in [1.82, 2.24) is 4.98 Å². The van der Waals surface area contributed by atoms with E-state index in [1.165, 1.54) is 24.4 Å². The van der Waals surface area contributed by atoms with E-state index in [2.05, 4.69) is 4.98 Å². The maximum atomic E-state index is 13.5. The number of rotatable bonds is 3. The van der Waals surface area contributed by atoms with Crippen molar-refractivity contribution in [2.75, 3.05) is 5.73 Å². The summed E-state index contributed by atoms with van der Waals surface area (Å²) >= 11 is 5.86. The summed E-state index contributed by atoms with van der Waals surface area (Å²) in [7, 11) is 0. The first-order valence-corrected chi connectivity index (χ1v) is 5.64. The molecule has 1 aromatic carbocycles.